The van der Waals surface area contributed by atoms with Crippen molar-refractivity contribution < 1.29 is 4.39 Å². The largest absolute Gasteiger partial charge is 0.342 e. The number of thiocarbonyl (C=S) groups is 1. The van der Waals surface area contributed by atoms with E-state index in [1.54, 1.807) is 12.3 Å². The minimum absolute atomic E-state index is 0.231. The van der Waals surface area contributed by atoms with Crippen LogP contribution in [0.1, 0.15) is 11.1 Å². The zero-order valence-corrected chi connectivity index (χ0v) is 13.6. The first kappa shape index (κ1) is 16.1. The van der Waals surface area contributed by atoms with Crippen LogP contribution in [0.15, 0.2) is 59.8 Å². The number of hydrazine groups is 1. The molecule has 5 nitrogen and oxygen atoms in total. The number of hydrogen-bond acceptors (Lipinski definition) is 3. The van der Waals surface area contributed by atoms with Crippen LogP contribution in [0.3, 0.4) is 0 Å². The lowest BCUT2D eigenvalue weighted by molar-refractivity contribution is 0.624. The standard InChI is InChI=1S/C17H16FN5S/c18-14-5-3-4-12(8-14)10-23-11-13(9-20-22-17(24)21-19)15-6-1-2-7-16(15)23/h1-9,11H,10,19H2,(H2,21,22,24)/b20-9+. The maximum absolute atomic E-state index is 13.4. The first-order chi connectivity index (χ1) is 11.7. The number of hydrazone groups is 1. The van der Waals surface area contributed by atoms with Gasteiger partial charge in [0.1, 0.15) is 5.82 Å². The molecule has 0 saturated heterocycles. The van der Waals surface area contributed by atoms with Gasteiger partial charge in [-0.05, 0) is 36.0 Å². The van der Waals surface area contributed by atoms with Crippen LogP contribution in [0, 0.1) is 5.82 Å². The molecule has 0 spiro atoms. The quantitative estimate of drug-likeness (QED) is 0.295. The number of aromatic nitrogens is 1. The van der Waals surface area contributed by atoms with E-state index in [0.29, 0.717) is 6.54 Å². The highest BCUT2D eigenvalue weighted by molar-refractivity contribution is 7.80. The summed E-state index contributed by atoms with van der Waals surface area (Å²) >= 11 is 4.87. The third-order valence-corrected chi connectivity index (χ3v) is 3.77. The van der Waals surface area contributed by atoms with Gasteiger partial charge >= 0.3 is 0 Å². The van der Waals surface area contributed by atoms with E-state index in [2.05, 4.69) is 20.5 Å². The van der Waals surface area contributed by atoms with Crippen LogP contribution in [0.4, 0.5) is 4.39 Å². The van der Waals surface area contributed by atoms with Crippen molar-refractivity contribution in [3.05, 3.63) is 71.7 Å². The molecule has 122 valence electrons. The Balaban J connectivity index is 1.93. The molecule has 3 aromatic rings. The Morgan fingerprint density at radius 1 is 1.25 bits per heavy atom. The highest BCUT2D eigenvalue weighted by Crippen LogP contribution is 2.21. The molecular formula is C17H16FN5S. The zero-order chi connectivity index (χ0) is 16.9. The summed E-state index contributed by atoms with van der Waals surface area (Å²) in [6, 6.07) is 14.6. The van der Waals surface area contributed by atoms with Gasteiger partial charge in [-0.25, -0.2) is 10.2 Å². The van der Waals surface area contributed by atoms with Gasteiger partial charge in [-0.1, -0.05) is 30.3 Å². The summed E-state index contributed by atoms with van der Waals surface area (Å²) in [5, 5.41) is 5.34. The van der Waals surface area contributed by atoms with Crippen LogP contribution >= 0.6 is 12.2 Å². The molecule has 0 aliphatic rings. The molecule has 0 atom stereocenters. The van der Waals surface area contributed by atoms with Crippen LogP contribution in [0.25, 0.3) is 10.9 Å². The molecule has 4 N–H and O–H groups in total. The van der Waals surface area contributed by atoms with Crippen LogP contribution in [0.2, 0.25) is 0 Å². The SMILES string of the molecule is NNC(=S)N/N=C/c1cn(Cc2cccc(F)c2)c2ccccc12. The van der Waals surface area contributed by atoms with E-state index in [1.807, 2.05) is 36.5 Å². The molecule has 0 fully saturated rings. The second-order valence-corrected chi connectivity index (χ2v) is 5.61. The summed E-state index contributed by atoms with van der Waals surface area (Å²) < 4.78 is 15.5. The van der Waals surface area contributed by atoms with Crippen molar-refractivity contribution in [3.8, 4) is 0 Å². The van der Waals surface area contributed by atoms with E-state index in [1.165, 1.54) is 12.1 Å². The molecule has 3 rings (SSSR count). The lowest BCUT2D eigenvalue weighted by Crippen LogP contribution is -2.37. The van der Waals surface area contributed by atoms with Crippen LogP contribution in [-0.2, 0) is 6.54 Å². The van der Waals surface area contributed by atoms with Crippen molar-refractivity contribution in [3.63, 3.8) is 0 Å². The average molecular weight is 341 g/mol. The summed E-state index contributed by atoms with van der Waals surface area (Å²) in [5.41, 5.74) is 7.78. The Morgan fingerprint density at radius 2 is 2.08 bits per heavy atom. The number of rotatable bonds is 4. The van der Waals surface area contributed by atoms with E-state index < -0.39 is 0 Å². The predicted octanol–water partition coefficient (Wildman–Crippen LogP) is 2.50. The molecule has 0 amide bonds. The summed E-state index contributed by atoms with van der Waals surface area (Å²) in [7, 11) is 0. The lowest BCUT2D eigenvalue weighted by Gasteiger charge is -2.05. The number of nitrogens with zero attached hydrogens (tertiary/aromatic N) is 2. The van der Waals surface area contributed by atoms with E-state index in [-0.39, 0.29) is 10.9 Å². The number of fused-ring (bicyclic) bond motifs is 1. The predicted molar refractivity (Wildman–Crippen MR) is 98.1 cm³/mol. The van der Waals surface area contributed by atoms with Crippen molar-refractivity contribution >= 4 is 34.4 Å². The molecule has 0 unspecified atom stereocenters. The summed E-state index contributed by atoms with van der Waals surface area (Å²) in [4.78, 5) is 0. The molecule has 0 aliphatic heterocycles. The number of hydrogen-bond donors (Lipinski definition) is 3. The maximum atomic E-state index is 13.4. The van der Waals surface area contributed by atoms with E-state index in [9.17, 15) is 4.39 Å². The Bertz CT molecular complexity index is 903. The van der Waals surface area contributed by atoms with Crippen LogP contribution < -0.4 is 16.7 Å². The van der Waals surface area contributed by atoms with Gasteiger partial charge in [0.15, 0.2) is 0 Å². The second-order valence-electron chi connectivity index (χ2n) is 5.20. The van der Waals surface area contributed by atoms with Gasteiger partial charge in [-0.2, -0.15) is 5.10 Å². The molecule has 0 bridgehead atoms. The highest BCUT2D eigenvalue weighted by atomic mass is 32.1. The summed E-state index contributed by atoms with van der Waals surface area (Å²) in [5.74, 6) is 4.94. The fourth-order valence-electron chi connectivity index (χ4n) is 2.53. The van der Waals surface area contributed by atoms with Gasteiger partial charge < -0.3 is 4.57 Å². The van der Waals surface area contributed by atoms with Gasteiger partial charge in [-0.15, -0.1) is 0 Å². The molecule has 1 aromatic heterocycles. The lowest BCUT2D eigenvalue weighted by atomic mass is 10.2. The van der Waals surface area contributed by atoms with Gasteiger partial charge in [0.2, 0.25) is 5.11 Å². The van der Waals surface area contributed by atoms with Crippen molar-refractivity contribution in [1.82, 2.24) is 15.4 Å². The van der Waals surface area contributed by atoms with Gasteiger partial charge in [-0.3, -0.25) is 10.9 Å². The van der Waals surface area contributed by atoms with E-state index in [4.69, 9.17) is 18.1 Å². The molecule has 0 saturated carbocycles. The molecule has 7 heteroatoms. The number of benzene rings is 2. The van der Waals surface area contributed by atoms with Gasteiger partial charge in [0.05, 0.1) is 6.21 Å². The second kappa shape index (κ2) is 7.20. The Hall–Kier alpha value is -2.77. The molecular weight excluding hydrogens is 325 g/mol. The van der Waals surface area contributed by atoms with E-state index in [0.717, 1.165) is 22.0 Å². The van der Waals surface area contributed by atoms with Crippen LogP contribution in [0.5, 0.6) is 0 Å². The average Bonchev–Trinajstić information content (AvgIpc) is 2.93. The molecule has 0 radical (unpaired) electrons. The van der Waals surface area contributed by atoms with Crippen molar-refractivity contribution in [2.75, 3.05) is 0 Å². The number of para-hydroxylation sites is 1. The molecule has 24 heavy (non-hydrogen) atoms. The maximum Gasteiger partial charge on any atom is 0.201 e. The number of nitrogens with two attached hydrogens (primary N) is 1. The Labute approximate surface area is 143 Å². The topological polar surface area (TPSA) is 67.4 Å². The van der Waals surface area contributed by atoms with Crippen molar-refractivity contribution in [1.29, 1.82) is 0 Å². The molecule has 0 aliphatic carbocycles. The Morgan fingerprint density at radius 3 is 2.88 bits per heavy atom. The third kappa shape index (κ3) is 3.58. The van der Waals surface area contributed by atoms with Crippen molar-refractivity contribution in [2.45, 2.75) is 6.54 Å². The van der Waals surface area contributed by atoms with Crippen molar-refractivity contribution in [2.24, 2.45) is 10.9 Å². The smallest absolute Gasteiger partial charge is 0.201 e. The zero-order valence-electron chi connectivity index (χ0n) is 12.7. The number of nitrogens with one attached hydrogen (secondary N) is 2. The first-order valence-electron chi connectivity index (χ1n) is 7.29. The summed E-state index contributed by atoms with van der Waals surface area (Å²) in [6.07, 6.45) is 3.65. The fourth-order valence-corrected chi connectivity index (χ4v) is 2.59. The minimum Gasteiger partial charge on any atom is -0.342 e. The third-order valence-electron chi connectivity index (χ3n) is 3.56. The highest BCUT2D eigenvalue weighted by Gasteiger charge is 2.07. The normalized spacial score (nSPS) is 11.1. The minimum atomic E-state index is -0.238. The molecule has 2 aromatic carbocycles. The number of halogens is 1. The fraction of sp³-hybridized carbons (Fsp3) is 0.0588. The monoisotopic (exact) mass is 341 g/mol. The van der Waals surface area contributed by atoms with Gasteiger partial charge in [0, 0.05) is 29.2 Å². The summed E-state index contributed by atoms with van der Waals surface area (Å²) in [6.45, 7) is 0.572. The van der Waals surface area contributed by atoms with E-state index >= 15 is 0 Å². The first-order valence-corrected chi connectivity index (χ1v) is 7.70. The van der Waals surface area contributed by atoms with Gasteiger partial charge in [0.25, 0.3) is 0 Å². The van der Waals surface area contributed by atoms with Crippen LogP contribution in [-0.4, -0.2) is 15.9 Å². The Kier molecular flexibility index (Phi) is 4.83. The molecule has 1 heterocycles.